The van der Waals surface area contributed by atoms with Crippen molar-refractivity contribution in [3.8, 4) is 28.2 Å². The lowest BCUT2D eigenvalue weighted by Gasteiger charge is -2.25. The quantitative estimate of drug-likeness (QED) is 0.146. The molecule has 1 aliphatic heterocycles. The molecule has 2 aromatic heterocycles. The van der Waals surface area contributed by atoms with E-state index >= 15 is 0 Å². The smallest absolute Gasteiger partial charge is 0.338 e. The third-order valence-corrected chi connectivity index (χ3v) is 10.5. The Bertz CT molecular complexity index is 2610. The Labute approximate surface area is 313 Å². The number of aromatic nitrogens is 2. The van der Waals surface area contributed by atoms with Crippen molar-refractivity contribution in [2.75, 3.05) is 6.61 Å². The number of carbonyl (C=O) groups excluding carboxylic acids is 1. The summed E-state index contributed by atoms with van der Waals surface area (Å²) in [5.74, 6) is -0.501. The first-order chi connectivity index (χ1) is 25.5. The van der Waals surface area contributed by atoms with E-state index in [4.69, 9.17) is 9.73 Å². The fourth-order valence-electron chi connectivity index (χ4n) is 6.74. The van der Waals surface area contributed by atoms with Crippen LogP contribution in [0.5, 0.6) is 0 Å². The van der Waals surface area contributed by atoms with Gasteiger partial charge in [-0.05, 0) is 60.0 Å². The van der Waals surface area contributed by atoms with Crippen molar-refractivity contribution in [3.05, 3.63) is 198 Å². The first kappa shape index (κ1) is 33.3. The molecule has 0 amide bonds. The molecule has 52 heavy (non-hydrogen) atoms. The summed E-state index contributed by atoms with van der Waals surface area (Å²) in [5.41, 5.74) is 8.00. The van der Waals surface area contributed by atoms with E-state index in [1.807, 2.05) is 115 Å². The van der Waals surface area contributed by atoms with Crippen molar-refractivity contribution in [2.45, 2.75) is 13.0 Å². The number of esters is 1. The van der Waals surface area contributed by atoms with Gasteiger partial charge in [0.1, 0.15) is 0 Å². The second-order valence-electron chi connectivity index (χ2n) is 12.2. The van der Waals surface area contributed by atoms with Crippen molar-refractivity contribution < 1.29 is 9.53 Å². The van der Waals surface area contributed by atoms with E-state index < -0.39 is 12.0 Å². The molecule has 0 bridgehead atoms. The second kappa shape index (κ2) is 14.4. The normalized spacial score (nSPS) is 14.2. The van der Waals surface area contributed by atoms with Gasteiger partial charge in [0.15, 0.2) is 4.80 Å². The Morgan fingerprint density at radius 3 is 1.98 bits per heavy atom. The summed E-state index contributed by atoms with van der Waals surface area (Å²) in [4.78, 5) is 34.2. The minimum Gasteiger partial charge on any atom is -0.463 e. The SMILES string of the molecule is CCOC(=O)C1=C(c2ccccc2)N=c2s/c(=C\c3cc(-c4ccccc4)n(-c4ccc(Br)cc4)c3-c3ccccc3)c(=O)n2[C@@H]1c1ccccc1. The number of thiazole rings is 1. The monoisotopic (exact) mass is 761 g/mol. The molecule has 8 heteroatoms. The zero-order valence-corrected chi connectivity index (χ0v) is 30.6. The average molecular weight is 763 g/mol. The minimum atomic E-state index is -0.741. The van der Waals surface area contributed by atoms with Gasteiger partial charge in [-0.15, -0.1) is 0 Å². The second-order valence-corrected chi connectivity index (χ2v) is 14.1. The van der Waals surface area contributed by atoms with Crippen LogP contribution in [-0.4, -0.2) is 21.7 Å². The third-order valence-electron chi connectivity index (χ3n) is 9.01. The highest BCUT2D eigenvalue weighted by Gasteiger charge is 2.35. The molecule has 0 radical (unpaired) electrons. The summed E-state index contributed by atoms with van der Waals surface area (Å²) in [7, 11) is 0. The molecule has 0 saturated carbocycles. The summed E-state index contributed by atoms with van der Waals surface area (Å²) < 4.78 is 11.0. The molecule has 5 aromatic carbocycles. The van der Waals surface area contributed by atoms with E-state index in [0.717, 1.165) is 49.4 Å². The predicted molar refractivity (Wildman–Crippen MR) is 212 cm³/mol. The molecule has 3 heterocycles. The van der Waals surface area contributed by atoms with Crippen molar-refractivity contribution in [2.24, 2.45) is 4.99 Å². The van der Waals surface area contributed by atoms with Gasteiger partial charge in [0.2, 0.25) is 0 Å². The number of benzene rings is 5. The van der Waals surface area contributed by atoms with Crippen LogP contribution in [0.15, 0.2) is 171 Å². The van der Waals surface area contributed by atoms with Gasteiger partial charge >= 0.3 is 5.97 Å². The molecule has 8 rings (SSSR count). The Kier molecular flexibility index (Phi) is 9.24. The maximum atomic E-state index is 14.8. The highest BCUT2D eigenvalue weighted by Crippen LogP contribution is 2.38. The Morgan fingerprint density at radius 1 is 0.788 bits per heavy atom. The van der Waals surface area contributed by atoms with Gasteiger partial charge < -0.3 is 9.30 Å². The summed E-state index contributed by atoms with van der Waals surface area (Å²) >= 11 is 4.92. The van der Waals surface area contributed by atoms with E-state index in [1.54, 1.807) is 11.5 Å². The van der Waals surface area contributed by atoms with Crippen LogP contribution in [0.1, 0.15) is 29.7 Å². The van der Waals surface area contributed by atoms with Crippen molar-refractivity contribution in [3.63, 3.8) is 0 Å². The zero-order chi connectivity index (χ0) is 35.6. The van der Waals surface area contributed by atoms with Crippen molar-refractivity contribution in [1.29, 1.82) is 0 Å². The maximum absolute atomic E-state index is 14.8. The Morgan fingerprint density at radius 2 is 1.37 bits per heavy atom. The molecule has 0 unspecified atom stereocenters. The molecular weight excluding hydrogens is 730 g/mol. The molecule has 0 fully saturated rings. The van der Waals surface area contributed by atoms with E-state index in [-0.39, 0.29) is 12.2 Å². The lowest BCUT2D eigenvalue weighted by Crippen LogP contribution is -2.40. The number of hydrogen-bond acceptors (Lipinski definition) is 5. The summed E-state index contributed by atoms with van der Waals surface area (Å²) in [6, 6.07) is 49.4. The minimum absolute atomic E-state index is 0.192. The number of halogens is 1. The van der Waals surface area contributed by atoms with Gasteiger partial charge in [0.25, 0.3) is 5.56 Å². The lowest BCUT2D eigenvalue weighted by atomic mass is 9.93. The zero-order valence-electron chi connectivity index (χ0n) is 28.1. The van der Waals surface area contributed by atoms with Crippen LogP contribution >= 0.6 is 27.3 Å². The highest BCUT2D eigenvalue weighted by atomic mass is 79.9. The maximum Gasteiger partial charge on any atom is 0.338 e. The Balaban J connectivity index is 1.43. The van der Waals surface area contributed by atoms with Gasteiger partial charge in [-0.1, -0.05) is 149 Å². The molecule has 0 N–H and O–H groups in total. The summed E-state index contributed by atoms with van der Waals surface area (Å²) in [5, 5.41) is 0. The number of hydrogen-bond donors (Lipinski definition) is 0. The first-order valence-electron chi connectivity index (χ1n) is 17.0. The van der Waals surface area contributed by atoms with Crippen LogP contribution in [0.2, 0.25) is 0 Å². The van der Waals surface area contributed by atoms with Crippen LogP contribution in [0.4, 0.5) is 0 Å². The summed E-state index contributed by atoms with van der Waals surface area (Å²) in [6.45, 7) is 1.97. The van der Waals surface area contributed by atoms with Crippen molar-refractivity contribution >= 4 is 45.0 Å². The average Bonchev–Trinajstić information content (AvgIpc) is 3.72. The molecule has 0 spiro atoms. The van der Waals surface area contributed by atoms with Gasteiger partial charge in [-0.3, -0.25) is 9.36 Å². The van der Waals surface area contributed by atoms with Crippen LogP contribution in [0.25, 0.3) is 40.0 Å². The summed E-state index contributed by atoms with van der Waals surface area (Å²) in [6.07, 6.45) is 1.96. The fraction of sp³-hybridized carbons (Fsp3) is 0.0682. The van der Waals surface area contributed by atoms with E-state index in [1.165, 1.54) is 11.3 Å². The fourth-order valence-corrected chi connectivity index (χ4v) is 8.00. The molecule has 1 aliphatic rings. The van der Waals surface area contributed by atoms with Gasteiger partial charge in [0.05, 0.1) is 39.8 Å². The third kappa shape index (κ3) is 6.21. The highest BCUT2D eigenvalue weighted by molar-refractivity contribution is 9.10. The van der Waals surface area contributed by atoms with E-state index in [9.17, 15) is 9.59 Å². The van der Waals surface area contributed by atoms with E-state index in [0.29, 0.717) is 20.6 Å². The number of nitrogens with zero attached hydrogens (tertiary/aromatic N) is 3. The molecule has 1 atom stereocenters. The molecule has 7 aromatic rings. The topological polar surface area (TPSA) is 65.6 Å². The van der Waals surface area contributed by atoms with Crippen LogP contribution < -0.4 is 14.9 Å². The molecule has 6 nitrogen and oxygen atoms in total. The van der Waals surface area contributed by atoms with Crippen LogP contribution in [0.3, 0.4) is 0 Å². The van der Waals surface area contributed by atoms with Gasteiger partial charge in [-0.2, -0.15) is 0 Å². The number of carbonyl (C=O) groups is 1. The lowest BCUT2D eigenvalue weighted by molar-refractivity contribution is -0.138. The van der Waals surface area contributed by atoms with E-state index in [2.05, 4.69) is 63.0 Å². The first-order valence-corrected chi connectivity index (χ1v) is 18.6. The Hall–Kier alpha value is -5.83. The van der Waals surface area contributed by atoms with Crippen molar-refractivity contribution in [1.82, 2.24) is 9.13 Å². The molecule has 254 valence electrons. The predicted octanol–water partition coefficient (Wildman–Crippen LogP) is 8.82. The molecular formula is C44H32BrN3O3S. The van der Waals surface area contributed by atoms with Gasteiger partial charge in [0, 0.05) is 21.3 Å². The number of ether oxygens (including phenoxy) is 1. The number of fused-ring (bicyclic) bond motifs is 1. The molecule has 0 saturated heterocycles. The van der Waals surface area contributed by atoms with Crippen LogP contribution in [-0.2, 0) is 9.53 Å². The standard InChI is InChI=1S/C44H32BrN3O3S/c1-2-51-43(50)38-39(30-17-9-4-10-18-30)46-44-48(41(38)32-21-13-6-14-22-32)42(49)37(52-44)28-33-27-36(29-15-7-3-8-16-29)47(35-25-23-34(45)24-26-35)40(33)31-19-11-5-12-20-31/h3-28,41H,2H2,1H3/b37-28-/t41-/m1/s1. The molecule has 0 aliphatic carbocycles. The largest absolute Gasteiger partial charge is 0.463 e. The number of rotatable bonds is 8. The van der Waals surface area contributed by atoms with Gasteiger partial charge in [-0.25, -0.2) is 9.79 Å². The van der Waals surface area contributed by atoms with Crippen LogP contribution in [0, 0.1) is 0 Å².